The van der Waals surface area contributed by atoms with Crippen LogP contribution in [-0.4, -0.2) is 22.0 Å². The van der Waals surface area contributed by atoms with Gasteiger partial charge in [0.1, 0.15) is 5.82 Å². The zero-order valence-corrected chi connectivity index (χ0v) is 15.0. The van der Waals surface area contributed by atoms with Crippen LogP contribution in [0.15, 0.2) is 42.5 Å². The Hall–Kier alpha value is -2.62. The molecule has 1 atom stereocenters. The predicted octanol–water partition coefficient (Wildman–Crippen LogP) is 4.19. The maximum Gasteiger partial charge on any atom is 0.227 e. The molecule has 4 rings (SSSR count). The molecule has 0 radical (unpaired) electrons. The van der Waals surface area contributed by atoms with Crippen molar-refractivity contribution in [3.8, 4) is 0 Å². The van der Waals surface area contributed by atoms with E-state index in [0.717, 1.165) is 29.1 Å². The molecule has 2 aromatic carbocycles. The second kappa shape index (κ2) is 6.03. The third-order valence-electron chi connectivity index (χ3n) is 5.01. The topological polar surface area (TPSA) is 38.1 Å². The molecule has 2 heterocycles. The van der Waals surface area contributed by atoms with Crippen molar-refractivity contribution in [3.63, 3.8) is 0 Å². The van der Waals surface area contributed by atoms with Crippen molar-refractivity contribution in [1.29, 1.82) is 0 Å². The molecule has 1 aromatic heterocycles. The quantitative estimate of drug-likeness (QED) is 0.721. The van der Waals surface area contributed by atoms with E-state index in [1.54, 1.807) is 0 Å². The Morgan fingerprint density at radius 1 is 1.12 bits per heavy atom. The first kappa shape index (κ1) is 15.9. The molecule has 0 bridgehead atoms. The van der Waals surface area contributed by atoms with Gasteiger partial charge in [-0.2, -0.15) is 0 Å². The van der Waals surface area contributed by atoms with E-state index in [1.807, 2.05) is 23.1 Å². The molecule has 4 heteroatoms. The number of para-hydroxylation sites is 2. The Balaban J connectivity index is 1.71. The third-order valence-corrected chi connectivity index (χ3v) is 5.01. The molecule has 1 saturated heterocycles. The Morgan fingerprint density at radius 3 is 2.56 bits per heavy atom. The summed E-state index contributed by atoms with van der Waals surface area (Å²) < 4.78 is 2.25. The Labute approximate surface area is 148 Å². The molecular formula is C21H23N3O. The highest BCUT2D eigenvalue weighted by Gasteiger charge is 2.34. The molecular weight excluding hydrogens is 310 g/mol. The number of aryl methyl sites for hydroxylation is 3. The predicted molar refractivity (Wildman–Crippen MR) is 101 cm³/mol. The SMILES string of the molecule is CCn1c([C@H]2CC(=O)N(c3cc(C)cc(C)c3)C2)nc2ccccc21. The summed E-state index contributed by atoms with van der Waals surface area (Å²) in [6, 6.07) is 14.5. The Kier molecular flexibility index (Phi) is 3.83. The highest BCUT2D eigenvalue weighted by Crippen LogP contribution is 2.33. The Morgan fingerprint density at radius 2 is 1.84 bits per heavy atom. The van der Waals surface area contributed by atoms with Gasteiger partial charge in [-0.25, -0.2) is 4.98 Å². The minimum Gasteiger partial charge on any atom is -0.328 e. The summed E-state index contributed by atoms with van der Waals surface area (Å²) in [4.78, 5) is 19.5. The van der Waals surface area contributed by atoms with Crippen molar-refractivity contribution in [1.82, 2.24) is 9.55 Å². The third kappa shape index (κ3) is 2.72. The van der Waals surface area contributed by atoms with Gasteiger partial charge < -0.3 is 9.47 Å². The van der Waals surface area contributed by atoms with E-state index >= 15 is 0 Å². The van der Waals surface area contributed by atoms with Gasteiger partial charge in [0.25, 0.3) is 0 Å². The van der Waals surface area contributed by atoms with Crippen molar-refractivity contribution < 1.29 is 4.79 Å². The van der Waals surface area contributed by atoms with Crippen LogP contribution in [0.2, 0.25) is 0 Å². The van der Waals surface area contributed by atoms with Crippen LogP contribution in [0, 0.1) is 13.8 Å². The van der Waals surface area contributed by atoms with E-state index in [9.17, 15) is 4.79 Å². The van der Waals surface area contributed by atoms with E-state index in [4.69, 9.17) is 4.98 Å². The van der Waals surface area contributed by atoms with E-state index < -0.39 is 0 Å². The number of hydrogen-bond acceptors (Lipinski definition) is 2. The summed E-state index contributed by atoms with van der Waals surface area (Å²) in [5, 5.41) is 0. The fourth-order valence-electron chi connectivity index (χ4n) is 3.97. The summed E-state index contributed by atoms with van der Waals surface area (Å²) in [5.41, 5.74) is 5.54. The van der Waals surface area contributed by atoms with Crippen LogP contribution >= 0.6 is 0 Å². The highest BCUT2D eigenvalue weighted by atomic mass is 16.2. The summed E-state index contributed by atoms with van der Waals surface area (Å²) in [7, 11) is 0. The van der Waals surface area contributed by atoms with Crippen LogP contribution in [0.25, 0.3) is 11.0 Å². The van der Waals surface area contributed by atoms with Crippen LogP contribution in [0.3, 0.4) is 0 Å². The first-order chi connectivity index (χ1) is 12.1. The van der Waals surface area contributed by atoms with Gasteiger partial charge in [0.15, 0.2) is 0 Å². The molecule has 0 N–H and O–H groups in total. The van der Waals surface area contributed by atoms with E-state index in [0.29, 0.717) is 13.0 Å². The summed E-state index contributed by atoms with van der Waals surface area (Å²) in [5.74, 6) is 1.36. The second-order valence-corrected chi connectivity index (χ2v) is 6.95. The zero-order valence-electron chi connectivity index (χ0n) is 15.0. The van der Waals surface area contributed by atoms with Crippen molar-refractivity contribution in [3.05, 3.63) is 59.4 Å². The van der Waals surface area contributed by atoms with Gasteiger partial charge in [0.05, 0.1) is 11.0 Å². The van der Waals surface area contributed by atoms with Gasteiger partial charge in [-0.05, 0) is 56.2 Å². The lowest BCUT2D eigenvalue weighted by Gasteiger charge is -2.18. The van der Waals surface area contributed by atoms with Crippen molar-refractivity contribution in [2.75, 3.05) is 11.4 Å². The minimum atomic E-state index is 0.140. The fraction of sp³-hybridized carbons (Fsp3) is 0.333. The van der Waals surface area contributed by atoms with E-state index in [-0.39, 0.29) is 11.8 Å². The number of imidazole rings is 1. The molecule has 1 amide bonds. The number of amides is 1. The first-order valence-corrected chi connectivity index (χ1v) is 8.90. The van der Waals surface area contributed by atoms with E-state index in [1.165, 1.54) is 11.1 Å². The van der Waals surface area contributed by atoms with Gasteiger partial charge in [0.2, 0.25) is 5.91 Å². The summed E-state index contributed by atoms with van der Waals surface area (Å²) in [6.07, 6.45) is 0.524. The van der Waals surface area contributed by atoms with E-state index in [2.05, 4.69) is 49.6 Å². The number of benzene rings is 2. The number of carbonyl (C=O) groups excluding carboxylic acids is 1. The van der Waals surface area contributed by atoms with Crippen LogP contribution in [0.1, 0.15) is 36.2 Å². The highest BCUT2D eigenvalue weighted by molar-refractivity contribution is 5.96. The zero-order chi connectivity index (χ0) is 17.6. The minimum absolute atomic E-state index is 0.140. The molecule has 0 spiro atoms. The molecule has 4 nitrogen and oxygen atoms in total. The monoisotopic (exact) mass is 333 g/mol. The number of nitrogens with zero attached hydrogens (tertiary/aromatic N) is 3. The molecule has 25 heavy (non-hydrogen) atoms. The lowest BCUT2D eigenvalue weighted by atomic mass is 10.1. The van der Waals surface area contributed by atoms with Crippen molar-refractivity contribution in [2.24, 2.45) is 0 Å². The number of hydrogen-bond donors (Lipinski definition) is 0. The molecule has 1 fully saturated rings. The lowest BCUT2D eigenvalue weighted by molar-refractivity contribution is -0.117. The van der Waals surface area contributed by atoms with Gasteiger partial charge in [-0.1, -0.05) is 18.2 Å². The first-order valence-electron chi connectivity index (χ1n) is 8.90. The molecule has 0 unspecified atom stereocenters. The summed E-state index contributed by atoms with van der Waals surface area (Å²) >= 11 is 0. The molecule has 1 aliphatic rings. The van der Waals surface area contributed by atoms with Crippen molar-refractivity contribution >= 4 is 22.6 Å². The van der Waals surface area contributed by atoms with Crippen LogP contribution in [0.4, 0.5) is 5.69 Å². The number of anilines is 1. The number of aromatic nitrogens is 2. The molecule has 0 aliphatic carbocycles. The molecule has 1 aliphatic heterocycles. The standard InChI is InChI=1S/C21H23N3O/c1-4-23-19-8-6-5-7-18(19)22-21(23)16-12-20(25)24(13-16)17-10-14(2)9-15(3)11-17/h5-11,16H,4,12-13H2,1-3H3/t16-/m0/s1. The van der Waals surface area contributed by atoms with Crippen LogP contribution in [-0.2, 0) is 11.3 Å². The maximum absolute atomic E-state index is 12.7. The Bertz CT molecular complexity index is 937. The second-order valence-electron chi connectivity index (χ2n) is 6.95. The van der Waals surface area contributed by atoms with Crippen molar-refractivity contribution in [2.45, 2.75) is 39.7 Å². The molecule has 0 saturated carbocycles. The maximum atomic E-state index is 12.7. The van der Waals surface area contributed by atoms with Crippen LogP contribution < -0.4 is 4.90 Å². The number of fused-ring (bicyclic) bond motifs is 1. The average molecular weight is 333 g/mol. The molecule has 3 aromatic rings. The summed E-state index contributed by atoms with van der Waals surface area (Å²) in [6.45, 7) is 7.85. The molecule has 128 valence electrons. The normalized spacial score (nSPS) is 17.6. The smallest absolute Gasteiger partial charge is 0.227 e. The van der Waals surface area contributed by atoms with Gasteiger partial charge in [-0.3, -0.25) is 4.79 Å². The van der Waals surface area contributed by atoms with Crippen LogP contribution in [0.5, 0.6) is 0 Å². The van der Waals surface area contributed by atoms with Gasteiger partial charge in [-0.15, -0.1) is 0 Å². The largest absolute Gasteiger partial charge is 0.328 e. The lowest BCUT2D eigenvalue weighted by Crippen LogP contribution is -2.24. The van der Waals surface area contributed by atoms with Gasteiger partial charge in [0, 0.05) is 31.1 Å². The fourth-order valence-corrected chi connectivity index (χ4v) is 3.97. The average Bonchev–Trinajstić information content (AvgIpc) is 3.14. The number of carbonyl (C=O) groups is 1. The number of rotatable bonds is 3. The van der Waals surface area contributed by atoms with Gasteiger partial charge >= 0.3 is 0 Å².